The summed E-state index contributed by atoms with van der Waals surface area (Å²) >= 11 is 0. The van der Waals surface area contributed by atoms with Crippen molar-refractivity contribution in [1.29, 1.82) is 0 Å². The predicted molar refractivity (Wildman–Crippen MR) is 81.4 cm³/mol. The molecule has 1 atom stereocenters. The van der Waals surface area contributed by atoms with Crippen LogP contribution in [0.5, 0.6) is 0 Å². The van der Waals surface area contributed by atoms with Crippen LogP contribution in [0.3, 0.4) is 0 Å². The number of likely N-dealkylation sites (tertiary alicyclic amines) is 1. The number of carbonyl (C=O) groups is 1. The van der Waals surface area contributed by atoms with Gasteiger partial charge in [0.25, 0.3) is 0 Å². The molecule has 1 aromatic heterocycles. The van der Waals surface area contributed by atoms with Crippen molar-refractivity contribution in [3.8, 4) is 0 Å². The summed E-state index contributed by atoms with van der Waals surface area (Å²) in [6.45, 7) is 6.77. The standard InChI is InChI=1S/C16H25N3O/c1-3-6-13-10-16(20)19(11-13)12-14-7-5-8-15(18-14)17-9-4-2/h5,7-8,13H,3-4,6,9-12H2,1-2H3,(H,17,18). The number of rotatable bonds is 7. The van der Waals surface area contributed by atoms with Crippen LogP contribution in [0.15, 0.2) is 18.2 Å². The van der Waals surface area contributed by atoms with E-state index in [-0.39, 0.29) is 5.91 Å². The average molecular weight is 275 g/mol. The van der Waals surface area contributed by atoms with Gasteiger partial charge in [0.05, 0.1) is 12.2 Å². The van der Waals surface area contributed by atoms with E-state index in [4.69, 9.17) is 0 Å². The first-order valence-electron chi connectivity index (χ1n) is 7.70. The van der Waals surface area contributed by atoms with E-state index < -0.39 is 0 Å². The Balaban J connectivity index is 1.94. The molecule has 2 heterocycles. The summed E-state index contributed by atoms with van der Waals surface area (Å²) < 4.78 is 0. The summed E-state index contributed by atoms with van der Waals surface area (Å²) in [4.78, 5) is 18.5. The molecular weight excluding hydrogens is 250 g/mol. The second-order valence-corrected chi connectivity index (χ2v) is 5.57. The molecule has 1 fully saturated rings. The molecular formula is C16H25N3O. The van der Waals surface area contributed by atoms with Gasteiger partial charge in [0.2, 0.25) is 5.91 Å². The van der Waals surface area contributed by atoms with E-state index >= 15 is 0 Å². The molecule has 0 aliphatic carbocycles. The molecule has 0 bridgehead atoms. The van der Waals surface area contributed by atoms with Crippen LogP contribution in [-0.2, 0) is 11.3 Å². The van der Waals surface area contributed by atoms with Crippen LogP contribution in [0.2, 0.25) is 0 Å². The topological polar surface area (TPSA) is 45.2 Å². The molecule has 0 saturated carbocycles. The normalized spacial score (nSPS) is 18.6. The monoisotopic (exact) mass is 275 g/mol. The summed E-state index contributed by atoms with van der Waals surface area (Å²) in [6.07, 6.45) is 4.09. The quantitative estimate of drug-likeness (QED) is 0.832. The van der Waals surface area contributed by atoms with Crippen molar-refractivity contribution in [3.63, 3.8) is 0 Å². The van der Waals surface area contributed by atoms with Gasteiger partial charge in [-0.3, -0.25) is 4.79 Å². The highest BCUT2D eigenvalue weighted by atomic mass is 16.2. The van der Waals surface area contributed by atoms with Gasteiger partial charge in [0.1, 0.15) is 5.82 Å². The second kappa shape index (κ2) is 7.27. The summed E-state index contributed by atoms with van der Waals surface area (Å²) in [7, 11) is 0. The molecule has 1 unspecified atom stereocenters. The lowest BCUT2D eigenvalue weighted by Gasteiger charge is -2.16. The van der Waals surface area contributed by atoms with Crippen molar-refractivity contribution in [2.24, 2.45) is 5.92 Å². The van der Waals surface area contributed by atoms with Crippen LogP contribution in [0.25, 0.3) is 0 Å². The van der Waals surface area contributed by atoms with Gasteiger partial charge in [-0.1, -0.05) is 26.3 Å². The van der Waals surface area contributed by atoms with Crippen LogP contribution < -0.4 is 5.32 Å². The molecule has 1 saturated heterocycles. The first-order valence-corrected chi connectivity index (χ1v) is 7.70. The number of nitrogens with zero attached hydrogens (tertiary/aromatic N) is 2. The third kappa shape index (κ3) is 3.95. The molecule has 1 N–H and O–H groups in total. The van der Waals surface area contributed by atoms with Crippen LogP contribution >= 0.6 is 0 Å². The number of amides is 1. The number of hydrogen-bond donors (Lipinski definition) is 1. The minimum absolute atomic E-state index is 0.275. The van der Waals surface area contributed by atoms with Gasteiger partial charge in [-0.25, -0.2) is 4.98 Å². The molecule has 2 rings (SSSR count). The minimum atomic E-state index is 0.275. The fourth-order valence-electron chi connectivity index (χ4n) is 2.72. The van der Waals surface area contributed by atoms with Gasteiger partial charge in [-0.05, 0) is 30.9 Å². The highest BCUT2D eigenvalue weighted by Gasteiger charge is 2.28. The van der Waals surface area contributed by atoms with Crippen molar-refractivity contribution in [2.45, 2.75) is 46.1 Å². The van der Waals surface area contributed by atoms with Crippen LogP contribution in [0.4, 0.5) is 5.82 Å². The zero-order valence-electron chi connectivity index (χ0n) is 12.6. The molecule has 1 aromatic rings. The fourth-order valence-corrected chi connectivity index (χ4v) is 2.72. The Morgan fingerprint density at radius 1 is 1.35 bits per heavy atom. The van der Waals surface area contributed by atoms with Gasteiger partial charge in [-0.15, -0.1) is 0 Å². The largest absolute Gasteiger partial charge is 0.370 e. The Hall–Kier alpha value is -1.58. The van der Waals surface area contributed by atoms with E-state index in [0.29, 0.717) is 18.9 Å². The highest BCUT2D eigenvalue weighted by Crippen LogP contribution is 2.23. The highest BCUT2D eigenvalue weighted by molar-refractivity contribution is 5.78. The van der Waals surface area contributed by atoms with E-state index in [1.165, 1.54) is 0 Å². The third-order valence-corrected chi connectivity index (χ3v) is 3.71. The predicted octanol–water partition coefficient (Wildman–Crippen LogP) is 3.05. The molecule has 1 amide bonds. The maximum absolute atomic E-state index is 12.0. The molecule has 1 aliphatic rings. The lowest BCUT2D eigenvalue weighted by Crippen LogP contribution is -2.25. The first-order chi connectivity index (χ1) is 9.72. The molecule has 0 radical (unpaired) electrons. The summed E-state index contributed by atoms with van der Waals surface area (Å²) in [5.41, 5.74) is 0.969. The summed E-state index contributed by atoms with van der Waals surface area (Å²) in [5, 5.41) is 3.29. The first kappa shape index (κ1) is 14.8. The van der Waals surface area contributed by atoms with Crippen molar-refractivity contribution in [1.82, 2.24) is 9.88 Å². The second-order valence-electron chi connectivity index (χ2n) is 5.57. The Bertz CT molecular complexity index is 447. The number of anilines is 1. The maximum atomic E-state index is 12.0. The van der Waals surface area contributed by atoms with Crippen molar-refractivity contribution >= 4 is 11.7 Å². The van der Waals surface area contributed by atoms with Crippen LogP contribution in [-0.4, -0.2) is 28.9 Å². The Morgan fingerprint density at radius 2 is 2.20 bits per heavy atom. The van der Waals surface area contributed by atoms with Gasteiger partial charge >= 0.3 is 0 Å². The Morgan fingerprint density at radius 3 is 2.95 bits per heavy atom. The minimum Gasteiger partial charge on any atom is -0.370 e. The van der Waals surface area contributed by atoms with E-state index in [2.05, 4.69) is 24.1 Å². The summed E-state index contributed by atoms with van der Waals surface area (Å²) in [6, 6.07) is 5.98. The molecule has 4 heteroatoms. The maximum Gasteiger partial charge on any atom is 0.223 e. The fraction of sp³-hybridized carbons (Fsp3) is 0.625. The van der Waals surface area contributed by atoms with Crippen LogP contribution in [0.1, 0.15) is 45.2 Å². The third-order valence-electron chi connectivity index (χ3n) is 3.71. The molecule has 20 heavy (non-hydrogen) atoms. The number of pyridine rings is 1. The Labute approximate surface area is 121 Å². The van der Waals surface area contributed by atoms with Gasteiger partial charge in [0.15, 0.2) is 0 Å². The van der Waals surface area contributed by atoms with E-state index in [1.54, 1.807) is 0 Å². The van der Waals surface area contributed by atoms with E-state index in [1.807, 2.05) is 23.1 Å². The van der Waals surface area contributed by atoms with Crippen molar-refractivity contribution in [2.75, 3.05) is 18.4 Å². The molecule has 110 valence electrons. The molecule has 0 aromatic carbocycles. The smallest absolute Gasteiger partial charge is 0.223 e. The van der Waals surface area contributed by atoms with Gasteiger partial charge < -0.3 is 10.2 Å². The zero-order chi connectivity index (χ0) is 14.4. The zero-order valence-corrected chi connectivity index (χ0v) is 12.6. The number of aromatic nitrogens is 1. The van der Waals surface area contributed by atoms with Gasteiger partial charge in [0, 0.05) is 19.5 Å². The van der Waals surface area contributed by atoms with Gasteiger partial charge in [-0.2, -0.15) is 0 Å². The lowest BCUT2D eigenvalue weighted by atomic mass is 10.0. The number of nitrogens with one attached hydrogen (secondary N) is 1. The Kier molecular flexibility index (Phi) is 5.39. The number of carbonyl (C=O) groups excluding carboxylic acids is 1. The molecule has 0 spiro atoms. The van der Waals surface area contributed by atoms with Crippen molar-refractivity contribution in [3.05, 3.63) is 23.9 Å². The molecule has 1 aliphatic heterocycles. The number of hydrogen-bond acceptors (Lipinski definition) is 3. The van der Waals surface area contributed by atoms with Crippen molar-refractivity contribution < 1.29 is 4.79 Å². The molecule has 4 nitrogen and oxygen atoms in total. The van der Waals surface area contributed by atoms with E-state index in [0.717, 1.165) is 43.9 Å². The lowest BCUT2D eigenvalue weighted by molar-refractivity contribution is -0.128. The summed E-state index contributed by atoms with van der Waals surface area (Å²) in [5.74, 6) is 1.71. The van der Waals surface area contributed by atoms with E-state index in [9.17, 15) is 4.79 Å². The average Bonchev–Trinajstić information content (AvgIpc) is 2.77. The SMILES string of the molecule is CCCNc1cccc(CN2CC(CCC)CC2=O)n1. The van der Waals surface area contributed by atoms with Crippen LogP contribution in [0, 0.1) is 5.92 Å².